The number of aromatic amines is 1. The quantitative estimate of drug-likeness (QED) is 0.550. The van der Waals surface area contributed by atoms with E-state index in [1.165, 1.54) is 0 Å². The Morgan fingerprint density at radius 2 is 1.76 bits per heavy atom. The van der Waals surface area contributed by atoms with Crippen LogP contribution in [0.1, 0.15) is 18.2 Å². The molecule has 7 heteroatoms. The molecule has 1 aliphatic rings. The van der Waals surface area contributed by atoms with Gasteiger partial charge in [-0.15, -0.1) is 0 Å². The van der Waals surface area contributed by atoms with Crippen LogP contribution in [0.4, 0.5) is 5.69 Å². The second-order valence-corrected chi connectivity index (χ2v) is 9.22. The Labute approximate surface area is 168 Å². The number of benzene rings is 2. The molecule has 0 saturated heterocycles. The van der Waals surface area contributed by atoms with Gasteiger partial charge >= 0.3 is 0 Å². The van der Waals surface area contributed by atoms with Crippen LogP contribution < -0.4 is 0 Å². The maximum absolute atomic E-state index is 13.2. The predicted octanol–water partition coefficient (Wildman–Crippen LogP) is 4.41. The minimum atomic E-state index is -3.66. The molecule has 2 aromatic heterocycles. The molecule has 5 rings (SSSR count). The SMILES string of the molecule is CC1=Nc2cc(S(=O)(=O)c3ccc4nc(-c5ccc(C)nc5)[nH]c4c3)ccc2C1. The molecule has 6 nitrogen and oxygen atoms in total. The van der Waals surface area contributed by atoms with E-state index in [0.29, 0.717) is 16.9 Å². The fourth-order valence-electron chi connectivity index (χ4n) is 3.52. The molecular formula is C22H18N4O2S. The van der Waals surface area contributed by atoms with E-state index in [-0.39, 0.29) is 9.79 Å². The highest BCUT2D eigenvalue weighted by Crippen LogP contribution is 2.32. The first-order valence-electron chi connectivity index (χ1n) is 9.25. The molecule has 0 amide bonds. The lowest BCUT2D eigenvalue weighted by Gasteiger charge is -2.06. The van der Waals surface area contributed by atoms with E-state index in [9.17, 15) is 8.42 Å². The van der Waals surface area contributed by atoms with Gasteiger partial charge in [0, 0.05) is 29.6 Å². The molecule has 2 aromatic carbocycles. The number of nitrogens with zero attached hydrogens (tertiary/aromatic N) is 3. The van der Waals surface area contributed by atoms with Gasteiger partial charge < -0.3 is 4.98 Å². The molecule has 0 unspecified atom stereocenters. The van der Waals surface area contributed by atoms with Gasteiger partial charge in [0.05, 0.1) is 26.5 Å². The first-order chi connectivity index (χ1) is 13.9. The van der Waals surface area contributed by atoms with Crippen molar-refractivity contribution in [3.63, 3.8) is 0 Å². The summed E-state index contributed by atoms with van der Waals surface area (Å²) in [6, 6.07) is 14.0. The van der Waals surface area contributed by atoms with Gasteiger partial charge in [-0.1, -0.05) is 6.07 Å². The maximum atomic E-state index is 13.2. The second-order valence-electron chi connectivity index (χ2n) is 7.27. The molecule has 3 heterocycles. The van der Waals surface area contributed by atoms with E-state index in [1.54, 1.807) is 36.5 Å². The summed E-state index contributed by atoms with van der Waals surface area (Å²) in [5, 5.41) is 0. The van der Waals surface area contributed by atoms with Crippen LogP contribution in [0, 0.1) is 6.92 Å². The predicted molar refractivity (Wildman–Crippen MR) is 112 cm³/mol. The number of fused-ring (bicyclic) bond motifs is 2. The number of hydrogen-bond donors (Lipinski definition) is 1. The summed E-state index contributed by atoms with van der Waals surface area (Å²) < 4.78 is 26.4. The average Bonchev–Trinajstić information content (AvgIpc) is 3.29. The number of rotatable bonds is 3. The van der Waals surface area contributed by atoms with Crippen LogP contribution in [-0.4, -0.2) is 29.1 Å². The van der Waals surface area contributed by atoms with Gasteiger partial charge in [-0.25, -0.2) is 13.4 Å². The Bertz CT molecular complexity index is 1400. The summed E-state index contributed by atoms with van der Waals surface area (Å²) in [6.45, 7) is 3.87. The lowest BCUT2D eigenvalue weighted by atomic mass is 10.1. The van der Waals surface area contributed by atoms with Crippen molar-refractivity contribution in [2.24, 2.45) is 4.99 Å². The summed E-state index contributed by atoms with van der Waals surface area (Å²) in [5.74, 6) is 0.657. The lowest BCUT2D eigenvalue weighted by Crippen LogP contribution is -2.02. The fourth-order valence-corrected chi connectivity index (χ4v) is 4.83. The van der Waals surface area contributed by atoms with Crippen molar-refractivity contribution in [2.45, 2.75) is 30.1 Å². The third-order valence-electron chi connectivity index (χ3n) is 5.07. The van der Waals surface area contributed by atoms with Crippen molar-refractivity contribution in [2.75, 3.05) is 0 Å². The Kier molecular flexibility index (Phi) is 3.89. The highest BCUT2D eigenvalue weighted by molar-refractivity contribution is 7.91. The monoisotopic (exact) mass is 402 g/mol. The lowest BCUT2D eigenvalue weighted by molar-refractivity contribution is 0.596. The van der Waals surface area contributed by atoms with Crippen molar-refractivity contribution >= 4 is 32.3 Å². The summed E-state index contributed by atoms with van der Waals surface area (Å²) in [7, 11) is -3.66. The Morgan fingerprint density at radius 1 is 0.966 bits per heavy atom. The van der Waals surface area contributed by atoms with Gasteiger partial charge in [-0.05, 0) is 61.9 Å². The zero-order valence-corrected chi connectivity index (χ0v) is 16.8. The molecule has 0 bridgehead atoms. The molecule has 144 valence electrons. The normalized spacial score (nSPS) is 13.5. The Morgan fingerprint density at radius 3 is 2.55 bits per heavy atom. The number of aliphatic imine (C=N–C) groups is 1. The molecule has 1 N–H and O–H groups in total. The van der Waals surface area contributed by atoms with Crippen molar-refractivity contribution in [3.8, 4) is 11.4 Å². The Hall–Kier alpha value is -3.32. The number of sulfone groups is 1. The van der Waals surface area contributed by atoms with E-state index in [1.807, 2.05) is 32.0 Å². The van der Waals surface area contributed by atoms with E-state index in [0.717, 1.165) is 34.6 Å². The molecule has 0 spiro atoms. The Balaban J connectivity index is 1.56. The number of aryl methyl sites for hydroxylation is 1. The van der Waals surface area contributed by atoms with Gasteiger partial charge in [-0.2, -0.15) is 0 Å². The van der Waals surface area contributed by atoms with E-state index in [2.05, 4.69) is 19.9 Å². The van der Waals surface area contributed by atoms with Crippen molar-refractivity contribution in [1.29, 1.82) is 0 Å². The van der Waals surface area contributed by atoms with Gasteiger partial charge in [0.1, 0.15) is 5.82 Å². The van der Waals surface area contributed by atoms with Crippen LogP contribution in [0.5, 0.6) is 0 Å². The molecule has 1 aliphatic heterocycles. The highest BCUT2D eigenvalue weighted by atomic mass is 32.2. The molecule has 0 atom stereocenters. The minimum Gasteiger partial charge on any atom is -0.338 e. The molecule has 0 fully saturated rings. The first kappa shape index (κ1) is 17.8. The van der Waals surface area contributed by atoms with Gasteiger partial charge in [0.15, 0.2) is 0 Å². The number of imidazole rings is 1. The molecule has 29 heavy (non-hydrogen) atoms. The van der Waals surface area contributed by atoms with Crippen molar-refractivity contribution < 1.29 is 8.42 Å². The number of pyridine rings is 1. The molecular weight excluding hydrogens is 384 g/mol. The van der Waals surface area contributed by atoms with Crippen LogP contribution in [0.15, 0.2) is 69.5 Å². The van der Waals surface area contributed by atoms with Crippen LogP contribution in [0.2, 0.25) is 0 Å². The van der Waals surface area contributed by atoms with E-state index < -0.39 is 9.84 Å². The zero-order chi connectivity index (χ0) is 20.2. The maximum Gasteiger partial charge on any atom is 0.206 e. The first-order valence-corrected chi connectivity index (χ1v) is 10.7. The zero-order valence-electron chi connectivity index (χ0n) is 16.0. The average molecular weight is 402 g/mol. The number of H-pyrrole nitrogens is 1. The third-order valence-corrected chi connectivity index (χ3v) is 6.82. The van der Waals surface area contributed by atoms with Gasteiger partial charge in [-0.3, -0.25) is 9.98 Å². The number of nitrogens with one attached hydrogen (secondary N) is 1. The number of hydrogen-bond acceptors (Lipinski definition) is 5. The van der Waals surface area contributed by atoms with E-state index >= 15 is 0 Å². The van der Waals surface area contributed by atoms with Gasteiger partial charge in [0.25, 0.3) is 0 Å². The van der Waals surface area contributed by atoms with E-state index in [4.69, 9.17) is 0 Å². The minimum absolute atomic E-state index is 0.223. The van der Waals surface area contributed by atoms with Crippen LogP contribution >= 0.6 is 0 Å². The highest BCUT2D eigenvalue weighted by Gasteiger charge is 2.22. The molecule has 0 aliphatic carbocycles. The molecule has 4 aromatic rings. The summed E-state index contributed by atoms with van der Waals surface area (Å²) in [6.07, 6.45) is 2.52. The topological polar surface area (TPSA) is 88.1 Å². The third kappa shape index (κ3) is 3.03. The molecule has 0 saturated carbocycles. The molecule has 0 radical (unpaired) electrons. The van der Waals surface area contributed by atoms with Crippen molar-refractivity contribution in [1.82, 2.24) is 15.0 Å². The van der Waals surface area contributed by atoms with Crippen molar-refractivity contribution in [3.05, 3.63) is 66.0 Å². The summed E-state index contributed by atoms with van der Waals surface area (Å²) in [5.41, 5.74) is 5.93. The number of aromatic nitrogens is 3. The van der Waals surface area contributed by atoms with Gasteiger partial charge in [0.2, 0.25) is 9.84 Å². The van der Waals surface area contributed by atoms with Crippen LogP contribution in [0.3, 0.4) is 0 Å². The van der Waals surface area contributed by atoms with Crippen LogP contribution in [0.25, 0.3) is 22.4 Å². The standard InChI is InChI=1S/C22H18N4O2S/c1-13-3-4-16(12-23-13)22-25-19-8-7-18(11-21(19)26-22)29(27,28)17-6-5-15-9-14(2)24-20(15)10-17/h3-8,10-12H,9H2,1-2H3,(H,25,26). The largest absolute Gasteiger partial charge is 0.338 e. The van der Waals surface area contributed by atoms with Crippen LogP contribution in [-0.2, 0) is 16.3 Å². The smallest absolute Gasteiger partial charge is 0.206 e. The fraction of sp³-hybridized carbons (Fsp3) is 0.136. The summed E-state index contributed by atoms with van der Waals surface area (Å²) >= 11 is 0. The second kappa shape index (κ2) is 6.35. The summed E-state index contributed by atoms with van der Waals surface area (Å²) in [4.78, 5) is 17.0.